The van der Waals surface area contributed by atoms with Crippen molar-refractivity contribution in [3.63, 3.8) is 0 Å². The van der Waals surface area contributed by atoms with Crippen LogP contribution in [0.5, 0.6) is 0 Å². The predicted molar refractivity (Wildman–Crippen MR) is 217 cm³/mol. The van der Waals surface area contributed by atoms with Gasteiger partial charge >= 0.3 is 0 Å². The van der Waals surface area contributed by atoms with E-state index in [0.717, 1.165) is 27.8 Å². The molecule has 0 saturated carbocycles. The van der Waals surface area contributed by atoms with Gasteiger partial charge in [-0.15, -0.1) is 0 Å². The molecule has 2 aromatic heterocycles. The highest BCUT2D eigenvalue weighted by atomic mass is 15.0. The second-order valence-electron chi connectivity index (χ2n) is 13.5. The van der Waals surface area contributed by atoms with Crippen molar-refractivity contribution < 1.29 is 0 Å². The Morgan fingerprint density at radius 1 is 0.333 bits per heavy atom. The summed E-state index contributed by atoms with van der Waals surface area (Å²) in [4.78, 5) is 5.36. The normalized spacial score (nSPS) is 11.9. The average molecular weight is 647 g/mol. The molecule has 0 fully saturated rings. The fourth-order valence-corrected chi connectivity index (χ4v) is 8.48. The van der Waals surface area contributed by atoms with E-state index < -0.39 is 0 Å². The van der Waals surface area contributed by atoms with Gasteiger partial charge in [-0.05, 0) is 79.2 Å². The lowest BCUT2D eigenvalue weighted by molar-refractivity contribution is 1.19. The monoisotopic (exact) mass is 646 g/mol. The topological polar surface area (TPSA) is 17.8 Å². The van der Waals surface area contributed by atoms with Crippen molar-refractivity contribution in [1.82, 2.24) is 9.55 Å². The molecule has 2 nitrogen and oxygen atoms in total. The van der Waals surface area contributed by atoms with Gasteiger partial charge in [0.1, 0.15) is 0 Å². The van der Waals surface area contributed by atoms with Crippen molar-refractivity contribution in [3.05, 3.63) is 182 Å². The van der Waals surface area contributed by atoms with Gasteiger partial charge in [-0.25, -0.2) is 4.98 Å². The van der Waals surface area contributed by atoms with Gasteiger partial charge in [-0.3, -0.25) is 0 Å². The lowest BCUT2D eigenvalue weighted by Crippen LogP contribution is -1.97. The van der Waals surface area contributed by atoms with E-state index in [9.17, 15) is 0 Å². The Kier molecular flexibility index (Phi) is 5.99. The summed E-state index contributed by atoms with van der Waals surface area (Å²) in [6.45, 7) is 0. The van der Waals surface area contributed by atoms with Crippen LogP contribution in [0.25, 0.3) is 104 Å². The van der Waals surface area contributed by atoms with Crippen LogP contribution >= 0.6 is 0 Å². The van der Waals surface area contributed by atoms with E-state index in [2.05, 4.69) is 187 Å². The van der Waals surface area contributed by atoms with E-state index in [1.54, 1.807) is 0 Å². The first-order valence-electron chi connectivity index (χ1n) is 17.6. The summed E-state index contributed by atoms with van der Waals surface area (Å²) in [5.74, 6) is 0. The summed E-state index contributed by atoms with van der Waals surface area (Å²) in [6, 6.07) is 66.1. The zero-order valence-corrected chi connectivity index (χ0v) is 27.7. The molecule has 0 atom stereocenters. The Morgan fingerprint density at radius 2 is 0.882 bits per heavy atom. The summed E-state index contributed by atoms with van der Waals surface area (Å²) in [7, 11) is 0. The van der Waals surface area contributed by atoms with Crippen LogP contribution < -0.4 is 0 Å². The number of hydrogen-bond donors (Lipinski definition) is 0. The molecule has 0 saturated heterocycles. The number of benzene rings is 9. The Morgan fingerprint density at radius 3 is 1.65 bits per heavy atom. The fourth-order valence-electron chi connectivity index (χ4n) is 8.48. The first-order valence-corrected chi connectivity index (χ1v) is 17.6. The Balaban J connectivity index is 1.21. The fraction of sp³-hybridized carbons (Fsp3) is 0. The number of rotatable bonds is 3. The van der Waals surface area contributed by atoms with Crippen LogP contribution in [0.1, 0.15) is 0 Å². The summed E-state index contributed by atoms with van der Waals surface area (Å²) < 4.78 is 2.46. The quantitative estimate of drug-likeness (QED) is 0.175. The molecular weight excluding hydrogens is 617 g/mol. The van der Waals surface area contributed by atoms with Crippen LogP contribution in [0.15, 0.2) is 182 Å². The third-order valence-corrected chi connectivity index (χ3v) is 10.7. The third kappa shape index (κ3) is 4.14. The van der Waals surface area contributed by atoms with Crippen molar-refractivity contribution in [2.75, 3.05) is 0 Å². The number of hydrogen-bond acceptors (Lipinski definition) is 1. The van der Waals surface area contributed by atoms with Crippen LogP contribution in [-0.4, -0.2) is 9.55 Å². The molecule has 11 rings (SSSR count). The standard InChI is InChI=1S/C49H30N2/c1-2-13-31(14-3-1)48-47-42(40-21-8-10-23-45(40)50-48)27-28-43-41-22-9-11-24-46(41)51(49(43)47)34-16-12-15-32(29-34)33-25-26-39-37-19-5-4-17-35(37)36-18-6-7-20-38(36)44(39)30-33/h1-30H. The van der Waals surface area contributed by atoms with E-state index in [1.807, 2.05) is 0 Å². The lowest BCUT2D eigenvalue weighted by Gasteiger charge is -2.16. The molecule has 0 spiro atoms. The number of nitrogens with zero attached hydrogens (tertiary/aromatic N) is 2. The van der Waals surface area contributed by atoms with Crippen LogP contribution in [0, 0.1) is 0 Å². The van der Waals surface area contributed by atoms with E-state index in [0.29, 0.717) is 0 Å². The van der Waals surface area contributed by atoms with Crippen molar-refractivity contribution in [3.8, 4) is 28.1 Å². The van der Waals surface area contributed by atoms with Gasteiger partial charge in [0.05, 0.1) is 22.2 Å². The molecule has 2 heteroatoms. The number of aromatic nitrogens is 2. The molecular formula is C49H30N2. The molecule has 0 unspecified atom stereocenters. The second kappa shape index (κ2) is 10.9. The molecule has 0 N–H and O–H groups in total. The highest BCUT2D eigenvalue weighted by molar-refractivity contribution is 6.27. The Hall–Kier alpha value is -6.77. The largest absolute Gasteiger partial charge is 0.309 e. The summed E-state index contributed by atoms with van der Waals surface area (Å²) in [5.41, 5.74) is 8.99. The zero-order chi connectivity index (χ0) is 33.5. The molecule has 0 bridgehead atoms. The minimum atomic E-state index is 1.00. The number of fused-ring (bicyclic) bond motifs is 13. The summed E-state index contributed by atoms with van der Waals surface area (Å²) in [5, 5.41) is 13.7. The van der Waals surface area contributed by atoms with Crippen molar-refractivity contribution in [2.45, 2.75) is 0 Å². The van der Waals surface area contributed by atoms with Crippen molar-refractivity contribution >= 4 is 75.8 Å². The van der Waals surface area contributed by atoms with Gasteiger partial charge < -0.3 is 4.57 Å². The maximum Gasteiger partial charge on any atom is 0.0809 e. The SMILES string of the molecule is c1ccc(-c2nc3ccccc3c3ccc4c5ccccc5n(-c5cccc(-c6ccc7c8ccccc8c8ccccc8c7c6)c5)c4c23)cc1. The maximum absolute atomic E-state index is 5.36. The number of pyridine rings is 1. The highest BCUT2D eigenvalue weighted by Gasteiger charge is 2.20. The minimum Gasteiger partial charge on any atom is -0.309 e. The van der Waals surface area contributed by atoms with E-state index in [1.165, 1.54) is 76.0 Å². The first kappa shape index (κ1) is 28.1. The summed E-state index contributed by atoms with van der Waals surface area (Å²) >= 11 is 0. The van der Waals surface area contributed by atoms with Crippen LogP contribution in [0.4, 0.5) is 0 Å². The molecule has 51 heavy (non-hydrogen) atoms. The predicted octanol–water partition coefficient (Wildman–Crippen LogP) is 13.3. The average Bonchev–Trinajstić information content (AvgIpc) is 3.55. The maximum atomic E-state index is 5.36. The van der Waals surface area contributed by atoms with Crippen LogP contribution in [0.2, 0.25) is 0 Å². The molecule has 0 aliphatic heterocycles. The van der Waals surface area contributed by atoms with E-state index >= 15 is 0 Å². The van der Waals surface area contributed by atoms with E-state index in [4.69, 9.17) is 4.98 Å². The van der Waals surface area contributed by atoms with Gasteiger partial charge in [-0.1, -0.05) is 152 Å². The highest BCUT2D eigenvalue weighted by Crippen LogP contribution is 2.43. The van der Waals surface area contributed by atoms with Crippen LogP contribution in [0.3, 0.4) is 0 Å². The Bertz CT molecular complexity index is 3150. The van der Waals surface area contributed by atoms with Gasteiger partial charge in [0.25, 0.3) is 0 Å². The van der Waals surface area contributed by atoms with Gasteiger partial charge in [0.15, 0.2) is 0 Å². The molecule has 11 aromatic rings. The lowest BCUT2D eigenvalue weighted by atomic mass is 9.92. The van der Waals surface area contributed by atoms with E-state index in [-0.39, 0.29) is 0 Å². The van der Waals surface area contributed by atoms with Crippen LogP contribution in [-0.2, 0) is 0 Å². The molecule has 0 radical (unpaired) electrons. The molecule has 0 aliphatic rings. The molecule has 2 heterocycles. The first-order chi connectivity index (χ1) is 25.3. The summed E-state index contributed by atoms with van der Waals surface area (Å²) in [6.07, 6.45) is 0. The van der Waals surface area contributed by atoms with Crippen molar-refractivity contribution in [1.29, 1.82) is 0 Å². The molecule has 0 aliphatic carbocycles. The zero-order valence-electron chi connectivity index (χ0n) is 27.7. The second-order valence-corrected chi connectivity index (χ2v) is 13.5. The van der Waals surface area contributed by atoms with Gasteiger partial charge in [0.2, 0.25) is 0 Å². The van der Waals surface area contributed by atoms with Crippen molar-refractivity contribution in [2.24, 2.45) is 0 Å². The minimum absolute atomic E-state index is 1.00. The van der Waals surface area contributed by atoms with Gasteiger partial charge in [-0.2, -0.15) is 0 Å². The van der Waals surface area contributed by atoms with Gasteiger partial charge in [0, 0.05) is 32.8 Å². The molecule has 236 valence electrons. The molecule has 0 amide bonds. The third-order valence-electron chi connectivity index (χ3n) is 10.7. The number of para-hydroxylation sites is 2. The Labute approximate surface area is 294 Å². The molecule has 9 aromatic carbocycles. The smallest absolute Gasteiger partial charge is 0.0809 e.